The highest BCUT2D eigenvalue weighted by atomic mass is 15.3. The Labute approximate surface area is 119 Å². The summed E-state index contributed by atoms with van der Waals surface area (Å²) in [5.41, 5.74) is 9.69. The highest BCUT2D eigenvalue weighted by molar-refractivity contribution is 5.97. The number of anilines is 1. The summed E-state index contributed by atoms with van der Waals surface area (Å²) in [5, 5.41) is 0. The van der Waals surface area contributed by atoms with E-state index in [-0.39, 0.29) is 0 Å². The molecule has 0 saturated heterocycles. The Morgan fingerprint density at radius 1 is 0.950 bits per heavy atom. The predicted molar refractivity (Wildman–Crippen MR) is 84.5 cm³/mol. The summed E-state index contributed by atoms with van der Waals surface area (Å²) in [5.74, 6) is 0.575. The molecule has 0 amide bonds. The zero-order valence-electron chi connectivity index (χ0n) is 11.5. The summed E-state index contributed by atoms with van der Waals surface area (Å²) in [6.07, 6.45) is 3.46. The minimum atomic E-state index is 0.575. The molecule has 0 aromatic heterocycles. The first-order valence-electron chi connectivity index (χ1n) is 7.09. The van der Waals surface area contributed by atoms with E-state index in [1.807, 2.05) is 30.3 Å². The number of nitrogens with two attached hydrogens (primary N) is 1. The monoisotopic (exact) mass is 265 g/mol. The number of aliphatic imine (C=N–C) groups is 1. The maximum atomic E-state index is 6.24. The maximum absolute atomic E-state index is 6.24. The van der Waals surface area contributed by atoms with Gasteiger partial charge in [0, 0.05) is 12.2 Å². The lowest BCUT2D eigenvalue weighted by Crippen LogP contribution is -2.37. The van der Waals surface area contributed by atoms with Gasteiger partial charge < -0.3 is 10.6 Å². The minimum absolute atomic E-state index is 0.575. The zero-order chi connectivity index (χ0) is 13.8. The second-order valence-electron chi connectivity index (χ2n) is 5.04. The van der Waals surface area contributed by atoms with Crippen molar-refractivity contribution in [3.63, 3.8) is 0 Å². The molecule has 102 valence electrons. The van der Waals surface area contributed by atoms with Crippen molar-refractivity contribution in [2.75, 3.05) is 11.4 Å². The Hall–Kier alpha value is -2.29. The van der Waals surface area contributed by atoms with Gasteiger partial charge in [-0.1, -0.05) is 36.4 Å². The van der Waals surface area contributed by atoms with Crippen molar-refractivity contribution in [2.24, 2.45) is 10.7 Å². The van der Waals surface area contributed by atoms with E-state index in [0.29, 0.717) is 5.96 Å². The van der Waals surface area contributed by atoms with Gasteiger partial charge in [-0.15, -0.1) is 0 Å². The molecule has 0 spiro atoms. The first-order valence-corrected chi connectivity index (χ1v) is 7.09. The van der Waals surface area contributed by atoms with E-state index in [9.17, 15) is 0 Å². The molecule has 3 heteroatoms. The molecule has 1 aliphatic rings. The Kier molecular flexibility index (Phi) is 3.68. The SMILES string of the molecule is NC(=Nc1ccccc1)N1CCCCc2ccccc21. The van der Waals surface area contributed by atoms with Crippen LogP contribution in [0.5, 0.6) is 0 Å². The van der Waals surface area contributed by atoms with E-state index in [0.717, 1.165) is 25.1 Å². The molecule has 2 aromatic rings. The molecular weight excluding hydrogens is 246 g/mol. The van der Waals surface area contributed by atoms with Crippen molar-refractivity contribution in [1.82, 2.24) is 0 Å². The number of guanidine groups is 1. The van der Waals surface area contributed by atoms with Crippen LogP contribution in [-0.4, -0.2) is 12.5 Å². The van der Waals surface area contributed by atoms with Crippen LogP contribution in [0.3, 0.4) is 0 Å². The van der Waals surface area contributed by atoms with Crippen molar-refractivity contribution in [1.29, 1.82) is 0 Å². The average molecular weight is 265 g/mol. The molecular formula is C17H19N3. The Morgan fingerprint density at radius 3 is 2.55 bits per heavy atom. The third-order valence-electron chi connectivity index (χ3n) is 3.64. The zero-order valence-corrected chi connectivity index (χ0v) is 11.5. The van der Waals surface area contributed by atoms with Crippen LogP contribution in [0.15, 0.2) is 59.6 Å². The molecule has 1 heterocycles. The van der Waals surface area contributed by atoms with E-state index >= 15 is 0 Å². The first-order chi connectivity index (χ1) is 9.84. The topological polar surface area (TPSA) is 41.6 Å². The van der Waals surface area contributed by atoms with Crippen LogP contribution in [0.1, 0.15) is 18.4 Å². The number of nitrogens with zero attached hydrogens (tertiary/aromatic N) is 2. The third kappa shape index (κ3) is 2.67. The fourth-order valence-corrected chi connectivity index (χ4v) is 2.62. The number of rotatable bonds is 1. The van der Waals surface area contributed by atoms with Gasteiger partial charge in [-0.25, -0.2) is 4.99 Å². The van der Waals surface area contributed by atoms with E-state index in [1.54, 1.807) is 0 Å². The van der Waals surface area contributed by atoms with Gasteiger partial charge in [0.15, 0.2) is 0 Å². The molecule has 0 unspecified atom stereocenters. The van der Waals surface area contributed by atoms with E-state index in [2.05, 4.69) is 34.2 Å². The molecule has 2 N–H and O–H groups in total. The summed E-state index contributed by atoms with van der Waals surface area (Å²) in [6.45, 7) is 0.930. The van der Waals surface area contributed by atoms with Crippen LogP contribution >= 0.6 is 0 Å². The number of benzene rings is 2. The van der Waals surface area contributed by atoms with Gasteiger partial charge in [-0.3, -0.25) is 0 Å². The Bertz CT molecular complexity index is 605. The molecule has 3 nitrogen and oxygen atoms in total. The number of hydrogen-bond acceptors (Lipinski definition) is 1. The molecule has 0 aliphatic carbocycles. The highest BCUT2D eigenvalue weighted by Crippen LogP contribution is 2.26. The number of hydrogen-bond donors (Lipinski definition) is 1. The number of fused-ring (bicyclic) bond motifs is 1. The second kappa shape index (κ2) is 5.78. The van der Waals surface area contributed by atoms with E-state index in [1.165, 1.54) is 17.7 Å². The fraction of sp³-hybridized carbons (Fsp3) is 0.235. The Balaban J connectivity index is 1.95. The van der Waals surface area contributed by atoms with E-state index < -0.39 is 0 Å². The van der Waals surface area contributed by atoms with E-state index in [4.69, 9.17) is 5.73 Å². The molecule has 0 saturated carbocycles. The molecule has 2 aromatic carbocycles. The maximum Gasteiger partial charge on any atom is 0.201 e. The predicted octanol–water partition coefficient (Wildman–Crippen LogP) is 3.48. The van der Waals surface area contributed by atoms with Gasteiger partial charge in [0.1, 0.15) is 0 Å². The van der Waals surface area contributed by atoms with Gasteiger partial charge in [0.05, 0.1) is 5.69 Å². The summed E-state index contributed by atoms with van der Waals surface area (Å²) >= 11 is 0. The van der Waals surface area contributed by atoms with Crippen LogP contribution in [0.4, 0.5) is 11.4 Å². The summed E-state index contributed by atoms with van der Waals surface area (Å²) in [4.78, 5) is 6.68. The highest BCUT2D eigenvalue weighted by Gasteiger charge is 2.17. The van der Waals surface area contributed by atoms with Gasteiger partial charge in [0.2, 0.25) is 5.96 Å². The lowest BCUT2D eigenvalue weighted by molar-refractivity contribution is 0.765. The van der Waals surface area contributed by atoms with Crippen molar-refractivity contribution >= 4 is 17.3 Å². The normalized spacial score (nSPS) is 15.6. The molecule has 0 fully saturated rings. The quantitative estimate of drug-likeness (QED) is 0.633. The third-order valence-corrected chi connectivity index (χ3v) is 3.64. The average Bonchev–Trinajstić information content (AvgIpc) is 2.70. The summed E-state index contributed by atoms with van der Waals surface area (Å²) < 4.78 is 0. The van der Waals surface area contributed by atoms with Crippen molar-refractivity contribution in [3.05, 3.63) is 60.2 Å². The van der Waals surface area contributed by atoms with Gasteiger partial charge in [-0.05, 0) is 43.0 Å². The second-order valence-corrected chi connectivity index (χ2v) is 5.04. The molecule has 0 bridgehead atoms. The van der Waals surface area contributed by atoms with Gasteiger partial charge >= 0.3 is 0 Å². The fourth-order valence-electron chi connectivity index (χ4n) is 2.62. The van der Waals surface area contributed by atoms with Crippen LogP contribution < -0.4 is 10.6 Å². The standard InChI is InChI=1S/C17H19N3/c18-17(19-15-10-2-1-3-11-15)20-13-7-6-9-14-8-4-5-12-16(14)20/h1-5,8,10-12H,6-7,9,13H2,(H2,18,19). The summed E-state index contributed by atoms with van der Waals surface area (Å²) in [7, 11) is 0. The van der Waals surface area contributed by atoms with Crippen LogP contribution in [-0.2, 0) is 6.42 Å². The molecule has 1 aliphatic heterocycles. The van der Waals surface area contributed by atoms with Crippen molar-refractivity contribution < 1.29 is 0 Å². The van der Waals surface area contributed by atoms with Crippen molar-refractivity contribution in [2.45, 2.75) is 19.3 Å². The summed E-state index contributed by atoms with van der Waals surface area (Å²) in [6, 6.07) is 18.3. The molecule has 3 rings (SSSR count). The van der Waals surface area contributed by atoms with Gasteiger partial charge in [-0.2, -0.15) is 0 Å². The molecule has 20 heavy (non-hydrogen) atoms. The Morgan fingerprint density at radius 2 is 1.70 bits per heavy atom. The van der Waals surface area contributed by atoms with Crippen molar-refractivity contribution in [3.8, 4) is 0 Å². The van der Waals surface area contributed by atoms with Gasteiger partial charge in [0.25, 0.3) is 0 Å². The smallest absolute Gasteiger partial charge is 0.201 e. The number of aryl methyl sites for hydroxylation is 1. The molecule has 0 radical (unpaired) electrons. The number of para-hydroxylation sites is 2. The van der Waals surface area contributed by atoms with Crippen LogP contribution in [0.2, 0.25) is 0 Å². The largest absolute Gasteiger partial charge is 0.369 e. The van der Waals surface area contributed by atoms with Crippen LogP contribution in [0.25, 0.3) is 0 Å². The first kappa shape index (κ1) is 12.7. The molecule has 0 atom stereocenters. The lowest BCUT2D eigenvalue weighted by atomic mass is 10.1. The van der Waals surface area contributed by atoms with Crippen LogP contribution in [0, 0.1) is 0 Å². The lowest BCUT2D eigenvalue weighted by Gasteiger charge is -2.23. The minimum Gasteiger partial charge on any atom is -0.369 e.